The lowest BCUT2D eigenvalue weighted by Gasteiger charge is -2.13. The summed E-state index contributed by atoms with van der Waals surface area (Å²) in [5, 5.41) is 0. The minimum Gasteiger partial charge on any atom is -0.465 e. The molecule has 0 fully saturated rings. The number of hydrogen-bond donors (Lipinski definition) is 0. The fraction of sp³-hybridized carbons (Fsp3) is 0.278. The molecule has 3 nitrogen and oxygen atoms in total. The highest BCUT2D eigenvalue weighted by Gasteiger charge is 2.14. The first-order valence-corrected chi connectivity index (χ1v) is 7.12. The van der Waals surface area contributed by atoms with E-state index >= 15 is 0 Å². The van der Waals surface area contributed by atoms with Crippen LogP contribution in [0.4, 0.5) is 4.39 Å². The number of carbonyl (C=O) groups is 1. The van der Waals surface area contributed by atoms with Crippen LogP contribution in [0.25, 0.3) is 11.1 Å². The summed E-state index contributed by atoms with van der Waals surface area (Å²) in [4.78, 5) is 11.7. The summed E-state index contributed by atoms with van der Waals surface area (Å²) in [6.45, 7) is 4.65. The van der Waals surface area contributed by atoms with Crippen LogP contribution in [0.15, 0.2) is 36.4 Å². The van der Waals surface area contributed by atoms with Crippen molar-refractivity contribution in [1.29, 1.82) is 0 Å². The van der Waals surface area contributed by atoms with Crippen molar-refractivity contribution in [3.8, 4) is 11.1 Å². The molecule has 0 saturated heterocycles. The number of methoxy groups -OCH3 is 1. The molecule has 2 aromatic rings. The van der Waals surface area contributed by atoms with E-state index in [1.54, 1.807) is 30.3 Å². The van der Waals surface area contributed by atoms with Gasteiger partial charge in [0.25, 0.3) is 0 Å². The summed E-state index contributed by atoms with van der Waals surface area (Å²) in [6.07, 6.45) is 0. The van der Waals surface area contributed by atoms with E-state index in [1.165, 1.54) is 13.2 Å². The quantitative estimate of drug-likeness (QED) is 0.779. The Morgan fingerprint density at radius 1 is 1.14 bits per heavy atom. The number of halogens is 1. The monoisotopic (exact) mass is 302 g/mol. The third kappa shape index (κ3) is 3.52. The van der Waals surface area contributed by atoms with E-state index in [9.17, 15) is 9.18 Å². The van der Waals surface area contributed by atoms with Crippen molar-refractivity contribution in [2.45, 2.75) is 20.5 Å². The van der Waals surface area contributed by atoms with Gasteiger partial charge in [-0.1, -0.05) is 17.7 Å². The molecule has 4 heteroatoms. The zero-order valence-corrected chi connectivity index (χ0v) is 13.0. The van der Waals surface area contributed by atoms with Crippen LogP contribution in [0.1, 0.15) is 28.4 Å². The number of rotatable bonds is 5. The first-order chi connectivity index (χ1) is 10.6. The smallest absolute Gasteiger partial charge is 0.337 e. The maximum absolute atomic E-state index is 14.2. The number of aryl methyl sites for hydroxylation is 1. The Hall–Kier alpha value is -2.20. The third-order valence-corrected chi connectivity index (χ3v) is 3.40. The van der Waals surface area contributed by atoms with Crippen molar-refractivity contribution in [3.63, 3.8) is 0 Å². The van der Waals surface area contributed by atoms with Crippen molar-refractivity contribution >= 4 is 5.97 Å². The molecule has 2 rings (SSSR count). The lowest BCUT2D eigenvalue weighted by molar-refractivity contribution is 0.0600. The van der Waals surface area contributed by atoms with Gasteiger partial charge in [-0.25, -0.2) is 9.18 Å². The highest BCUT2D eigenvalue weighted by atomic mass is 19.1. The van der Waals surface area contributed by atoms with Gasteiger partial charge in [0.2, 0.25) is 0 Å². The summed E-state index contributed by atoms with van der Waals surface area (Å²) in [5.41, 5.74) is 3.38. The Bertz CT molecular complexity index is 680. The number of ether oxygens (including phenoxy) is 2. The van der Waals surface area contributed by atoms with Crippen LogP contribution >= 0.6 is 0 Å². The van der Waals surface area contributed by atoms with Crippen molar-refractivity contribution in [3.05, 3.63) is 58.9 Å². The van der Waals surface area contributed by atoms with E-state index in [0.29, 0.717) is 24.3 Å². The lowest BCUT2D eigenvalue weighted by atomic mass is 9.96. The minimum absolute atomic E-state index is 0.297. The molecule has 0 aliphatic rings. The molecule has 0 saturated carbocycles. The molecule has 2 aromatic carbocycles. The fourth-order valence-corrected chi connectivity index (χ4v) is 2.28. The summed E-state index contributed by atoms with van der Waals surface area (Å²) in [5.74, 6) is -0.719. The normalized spacial score (nSPS) is 10.5. The molecule has 0 aliphatic heterocycles. The first kappa shape index (κ1) is 16.2. The van der Waals surface area contributed by atoms with Crippen molar-refractivity contribution in [2.24, 2.45) is 0 Å². The summed E-state index contributed by atoms with van der Waals surface area (Å²) >= 11 is 0. The zero-order chi connectivity index (χ0) is 16.1. The Morgan fingerprint density at radius 3 is 2.59 bits per heavy atom. The molecular weight excluding hydrogens is 283 g/mol. The molecule has 0 radical (unpaired) electrons. The predicted molar refractivity (Wildman–Crippen MR) is 83.2 cm³/mol. The van der Waals surface area contributed by atoms with Gasteiger partial charge in [-0.15, -0.1) is 0 Å². The van der Waals surface area contributed by atoms with Gasteiger partial charge in [0.1, 0.15) is 5.82 Å². The van der Waals surface area contributed by atoms with E-state index in [2.05, 4.69) is 0 Å². The summed E-state index contributed by atoms with van der Waals surface area (Å²) < 4.78 is 24.3. The number of esters is 1. The van der Waals surface area contributed by atoms with Gasteiger partial charge in [0, 0.05) is 12.2 Å². The Kier molecular flexibility index (Phi) is 5.28. The van der Waals surface area contributed by atoms with Gasteiger partial charge in [0.15, 0.2) is 0 Å². The minimum atomic E-state index is -0.422. The van der Waals surface area contributed by atoms with Gasteiger partial charge in [-0.2, -0.15) is 0 Å². The van der Waals surface area contributed by atoms with Crippen LogP contribution in [-0.2, 0) is 16.1 Å². The second kappa shape index (κ2) is 7.18. The second-order valence-corrected chi connectivity index (χ2v) is 4.98. The standard InChI is InChI=1S/C18H19FO3/c1-4-22-11-14-10-13(18(20)21-3)6-7-15(14)16-9-12(2)5-8-17(16)19/h5-10H,4,11H2,1-3H3. The predicted octanol–water partition coefficient (Wildman–Crippen LogP) is 4.12. The fourth-order valence-electron chi connectivity index (χ4n) is 2.28. The molecule has 0 heterocycles. The van der Waals surface area contributed by atoms with Gasteiger partial charge >= 0.3 is 5.97 Å². The van der Waals surface area contributed by atoms with Crippen molar-refractivity contribution < 1.29 is 18.7 Å². The third-order valence-electron chi connectivity index (χ3n) is 3.40. The van der Waals surface area contributed by atoms with Crippen LogP contribution < -0.4 is 0 Å². The topological polar surface area (TPSA) is 35.5 Å². The average Bonchev–Trinajstić information content (AvgIpc) is 2.54. The van der Waals surface area contributed by atoms with Crippen LogP contribution in [0.3, 0.4) is 0 Å². The second-order valence-electron chi connectivity index (χ2n) is 4.98. The number of carbonyl (C=O) groups excluding carboxylic acids is 1. The maximum atomic E-state index is 14.2. The summed E-state index contributed by atoms with van der Waals surface area (Å²) in [7, 11) is 1.33. The molecular formula is C18H19FO3. The van der Waals surface area contributed by atoms with E-state index in [0.717, 1.165) is 16.7 Å². The Balaban J connectivity index is 2.53. The van der Waals surface area contributed by atoms with Crippen LogP contribution in [-0.4, -0.2) is 19.7 Å². The van der Waals surface area contributed by atoms with E-state index < -0.39 is 5.97 Å². The van der Waals surface area contributed by atoms with Crippen molar-refractivity contribution in [1.82, 2.24) is 0 Å². The number of hydrogen-bond acceptors (Lipinski definition) is 3. The average molecular weight is 302 g/mol. The SMILES string of the molecule is CCOCc1cc(C(=O)OC)ccc1-c1cc(C)ccc1F. The molecule has 0 N–H and O–H groups in total. The molecule has 0 spiro atoms. The molecule has 0 atom stereocenters. The van der Waals surface area contributed by atoms with Crippen LogP contribution in [0.2, 0.25) is 0 Å². The molecule has 0 amide bonds. The van der Waals surface area contributed by atoms with Crippen LogP contribution in [0.5, 0.6) is 0 Å². The molecule has 0 aromatic heterocycles. The lowest BCUT2D eigenvalue weighted by Crippen LogP contribution is -2.04. The highest BCUT2D eigenvalue weighted by Crippen LogP contribution is 2.29. The molecule has 0 unspecified atom stereocenters. The highest BCUT2D eigenvalue weighted by molar-refractivity contribution is 5.90. The van der Waals surface area contributed by atoms with Gasteiger partial charge < -0.3 is 9.47 Å². The molecule has 116 valence electrons. The van der Waals surface area contributed by atoms with Gasteiger partial charge in [-0.05, 0) is 49.2 Å². The molecule has 22 heavy (non-hydrogen) atoms. The van der Waals surface area contributed by atoms with Crippen LogP contribution in [0, 0.1) is 12.7 Å². The maximum Gasteiger partial charge on any atom is 0.337 e. The Morgan fingerprint density at radius 2 is 1.91 bits per heavy atom. The van der Waals surface area contributed by atoms with Crippen molar-refractivity contribution in [2.75, 3.05) is 13.7 Å². The molecule has 0 aliphatic carbocycles. The largest absolute Gasteiger partial charge is 0.465 e. The van der Waals surface area contributed by atoms with E-state index in [-0.39, 0.29) is 5.82 Å². The van der Waals surface area contributed by atoms with Gasteiger partial charge in [0.05, 0.1) is 19.3 Å². The zero-order valence-electron chi connectivity index (χ0n) is 13.0. The van der Waals surface area contributed by atoms with Gasteiger partial charge in [-0.3, -0.25) is 0 Å². The van der Waals surface area contributed by atoms with E-state index in [4.69, 9.17) is 9.47 Å². The number of benzene rings is 2. The summed E-state index contributed by atoms with van der Waals surface area (Å²) in [6, 6.07) is 10.0. The first-order valence-electron chi connectivity index (χ1n) is 7.12. The van der Waals surface area contributed by atoms with E-state index in [1.807, 2.05) is 13.8 Å². The Labute approximate surface area is 129 Å². The molecule has 0 bridgehead atoms.